The molecule has 0 saturated carbocycles. The number of aliphatic hydroxyl groups is 1. The Morgan fingerprint density at radius 1 is 1.38 bits per heavy atom. The Morgan fingerprint density at radius 3 is 2.85 bits per heavy atom. The normalized spacial score (nSPS) is 29.2. The predicted octanol–water partition coefficient (Wildman–Crippen LogP) is 3.28. The Balaban J connectivity index is 2.42. The molecule has 0 aromatic heterocycles. The first-order chi connectivity index (χ1) is 6.12. The van der Waals surface area contributed by atoms with E-state index in [2.05, 4.69) is 19.9 Å². The maximum Gasteiger partial charge on any atom is 0.0827 e. The Bertz CT molecular complexity index is 172. The second kappa shape index (κ2) is 4.80. The second-order valence-electron chi connectivity index (χ2n) is 4.68. The summed E-state index contributed by atoms with van der Waals surface area (Å²) >= 11 is 0. The zero-order valence-corrected chi connectivity index (χ0v) is 8.92. The smallest absolute Gasteiger partial charge is 0.0827 e. The summed E-state index contributed by atoms with van der Waals surface area (Å²) in [5.74, 6) is 0.695. The summed E-state index contributed by atoms with van der Waals surface area (Å²) in [7, 11) is 0. The molecular weight excluding hydrogens is 160 g/mol. The lowest BCUT2D eigenvalue weighted by molar-refractivity contribution is 0.0656. The summed E-state index contributed by atoms with van der Waals surface area (Å²) in [5, 5.41) is 10.2. The molecule has 1 nitrogen and oxygen atoms in total. The Labute approximate surface area is 81.9 Å². The Kier molecular flexibility index (Phi) is 3.98. The molecule has 1 N–H and O–H groups in total. The summed E-state index contributed by atoms with van der Waals surface area (Å²) < 4.78 is 0. The standard InChI is InChI=1S/C12H22O/c1-11(2)7-10-12(13)8-5-3-4-6-9-12/h5,8,11,13H,3-4,6-7,9-10H2,1-2H3. The lowest BCUT2D eigenvalue weighted by atomic mass is 9.90. The van der Waals surface area contributed by atoms with Crippen LogP contribution in [-0.2, 0) is 0 Å². The molecule has 0 spiro atoms. The number of rotatable bonds is 3. The molecule has 0 bridgehead atoms. The van der Waals surface area contributed by atoms with Crippen LogP contribution in [0.5, 0.6) is 0 Å². The van der Waals surface area contributed by atoms with E-state index < -0.39 is 5.60 Å². The fourth-order valence-corrected chi connectivity index (χ4v) is 1.83. The van der Waals surface area contributed by atoms with Crippen molar-refractivity contribution in [3.8, 4) is 0 Å². The van der Waals surface area contributed by atoms with E-state index in [4.69, 9.17) is 0 Å². The quantitative estimate of drug-likeness (QED) is 0.664. The van der Waals surface area contributed by atoms with Gasteiger partial charge in [-0.2, -0.15) is 0 Å². The van der Waals surface area contributed by atoms with Crippen molar-refractivity contribution in [1.82, 2.24) is 0 Å². The highest BCUT2D eigenvalue weighted by molar-refractivity contribution is 5.02. The maximum atomic E-state index is 10.2. The van der Waals surface area contributed by atoms with Gasteiger partial charge in [-0.3, -0.25) is 0 Å². The van der Waals surface area contributed by atoms with Crippen LogP contribution >= 0.6 is 0 Å². The molecule has 1 aliphatic carbocycles. The molecule has 1 heteroatoms. The minimum atomic E-state index is -0.485. The monoisotopic (exact) mass is 182 g/mol. The van der Waals surface area contributed by atoms with Crippen LogP contribution in [0.4, 0.5) is 0 Å². The maximum absolute atomic E-state index is 10.2. The zero-order valence-electron chi connectivity index (χ0n) is 8.92. The van der Waals surface area contributed by atoms with Crippen LogP contribution in [0, 0.1) is 5.92 Å². The zero-order chi connectivity index (χ0) is 9.73. The van der Waals surface area contributed by atoms with Crippen LogP contribution in [0.2, 0.25) is 0 Å². The van der Waals surface area contributed by atoms with Crippen molar-refractivity contribution in [2.24, 2.45) is 5.92 Å². The highest BCUT2D eigenvalue weighted by atomic mass is 16.3. The van der Waals surface area contributed by atoms with Gasteiger partial charge in [0.2, 0.25) is 0 Å². The van der Waals surface area contributed by atoms with Crippen LogP contribution in [0.3, 0.4) is 0 Å². The largest absolute Gasteiger partial charge is 0.386 e. The minimum absolute atomic E-state index is 0.485. The van der Waals surface area contributed by atoms with Gasteiger partial charge in [-0.15, -0.1) is 0 Å². The Morgan fingerprint density at radius 2 is 2.15 bits per heavy atom. The predicted molar refractivity (Wildman–Crippen MR) is 56.6 cm³/mol. The minimum Gasteiger partial charge on any atom is -0.386 e. The van der Waals surface area contributed by atoms with Gasteiger partial charge >= 0.3 is 0 Å². The summed E-state index contributed by atoms with van der Waals surface area (Å²) in [6.07, 6.45) is 10.7. The van der Waals surface area contributed by atoms with Crippen LogP contribution in [0.25, 0.3) is 0 Å². The van der Waals surface area contributed by atoms with Crippen molar-refractivity contribution in [2.45, 2.75) is 58.0 Å². The molecule has 1 aliphatic rings. The van der Waals surface area contributed by atoms with Gasteiger partial charge in [0.25, 0.3) is 0 Å². The van der Waals surface area contributed by atoms with E-state index in [-0.39, 0.29) is 0 Å². The molecule has 0 radical (unpaired) electrons. The van der Waals surface area contributed by atoms with Crippen molar-refractivity contribution in [2.75, 3.05) is 0 Å². The first-order valence-electron chi connectivity index (χ1n) is 5.52. The fraction of sp³-hybridized carbons (Fsp3) is 0.833. The number of hydrogen-bond acceptors (Lipinski definition) is 1. The summed E-state index contributed by atoms with van der Waals surface area (Å²) in [6, 6.07) is 0. The molecule has 0 aliphatic heterocycles. The second-order valence-corrected chi connectivity index (χ2v) is 4.68. The van der Waals surface area contributed by atoms with Crippen LogP contribution in [-0.4, -0.2) is 10.7 Å². The summed E-state index contributed by atoms with van der Waals surface area (Å²) in [6.45, 7) is 4.42. The van der Waals surface area contributed by atoms with Gasteiger partial charge < -0.3 is 5.11 Å². The molecule has 1 rings (SSSR count). The van der Waals surface area contributed by atoms with E-state index in [1.54, 1.807) is 0 Å². The highest BCUT2D eigenvalue weighted by Crippen LogP contribution is 2.27. The van der Waals surface area contributed by atoms with Crippen LogP contribution in [0.15, 0.2) is 12.2 Å². The van der Waals surface area contributed by atoms with Crippen LogP contribution < -0.4 is 0 Å². The molecule has 1 unspecified atom stereocenters. The molecule has 13 heavy (non-hydrogen) atoms. The number of allylic oxidation sites excluding steroid dienone is 1. The van der Waals surface area contributed by atoms with Gasteiger partial charge in [-0.25, -0.2) is 0 Å². The van der Waals surface area contributed by atoms with Gasteiger partial charge in [0.1, 0.15) is 0 Å². The average Bonchev–Trinajstić information content (AvgIpc) is 2.28. The lowest BCUT2D eigenvalue weighted by Crippen LogP contribution is -2.25. The van der Waals surface area contributed by atoms with Crippen molar-refractivity contribution in [3.63, 3.8) is 0 Å². The van der Waals surface area contributed by atoms with E-state index in [0.29, 0.717) is 5.92 Å². The number of hydrogen-bond donors (Lipinski definition) is 1. The van der Waals surface area contributed by atoms with E-state index in [0.717, 1.165) is 25.7 Å². The lowest BCUT2D eigenvalue weighted by Gasteiger charge is -2.24. The van der Waals surface area contributed by atoms with Crippen molar-refractivity contribution in [1.29, 1.82) is 0 Å². The highest BCUT2D eigenvalue weighted by Gasteiger charge is 2.23. The third-order valence-electron chi connectivity index (χ3n) is 2.81. The summed E-state index contributed by atoms with van der Waals surface area (Å²) in [5.41, 5.74) is -0.485. The molecule has 0 aromatic carbocycles. The van der Waals surface area contributed by atoms with Crippen LogP contribution in [0.1, 0.15) is 52.4 Å². The SMILES string of the molecule is CC(C)CCC1(O)C=CCCCC1. The molecule has 0 saturated heterocycles. The van der Waals surface area contributed by atoms with E-state index in [9.17, 15) is 5.11 Å². The van der Waals surface area contributed by atoms with Gasteiger partial charge in [0.15, 0.2) is 0 Å². The Hall–Kier alpha value is -0.300. The molecular formula is C12H22O. The first-order valence-corrected chi connectivity index (χ1v) is 5.52. The topological polar surface area (TPSA) is 20.2 Å². The summed E-state index contributed by atoms with van der Waals surface area (Å²) in [4.78, 5) is 0. The van der Waals surface area contributed by atoms with Gasteiger partial charge in [0, 0.05) is 0 Å². The van der Waals surface area contributed by atoms with Crippen molar-refractivity contribution >= 4 is 0 Å². The van der Waals surface area contributed by atoms with Crippen molar-refractivity contribution in [3.05, 3.63) is 12.2 Å². The van der Waals surface area contributed by atoms with Gasteiger partial charge in [-0.1, -0.05) is 26.0 Å². The first kappa shape index (κ1) is 10.8. The average molecular weight is 182 g/mol. The molecule has 0 heterocycles. The molecule has 76 valence electrons. The van der Waals surface area contributed by atoms with E-state index >= 15 is 0 Å². The third kappa shape index (κ3) is 3.95. The molecule has 0 fully saturated rings. The molecule has 0 amide bonds. The van der Waals surface area contributed by atoms with Crippen molar-refractivity contribution < 1.29 is 5.11 Å². The van der Waals surface area contributed by atoms with Gasteiger partial charge in [-0.05, 0) is 44.4 Å². The van der Waals surface area contributed by atoms with Gasteiger partial charge in [0.05, 0.1) is 5.60 Å². The molecule has 1 atom stereocenters. The van der Waals surface area contributed by atoms with E-state index in [1.807, 2.05) is 6.08 Å². The fourth-order valence-electron chi connectivity index (χ4n) is 1.83. The van der Waals surface area contributed by atoms with E-state index in [1.165, 1.54) is 12.8 Å². The third-order valence-corrected chi connectivity index (χ3v) is 2.81. The molecule has 0 aromatic rings.